The topological polar surface area (TPSA) is 102 Å². The molecule has 9 heteroatoms. The Labute approximate surface area is 189 Å². The van der Waals surface area contributed by atoms with Crippen molar-refractivity contribution in [1.29, 1.82) is 0 Å². The fraction of sp³-hybridized carbons (Fsp3) is 0.250. The van der Waals surface area contributed by atoms with Gasteiger partial charge in [0.15, 0.2) is 5.69 Å². The zero-order chi connectivity index (χ0) is 23.4. The van der Waals surface area contributed by atoms with Crippen LogP contribution in [-0.4, -0.2) is 41.2 Å². The second kappa shape index (κ2) is 9.64. The van der Waals surface area contributed by atoms with Crippen molar-refractivity contribution in [1.82, 2.24) is 15.1 Å². The number of esters is 1. The first-order valence-electron chi connectivity index (χ1n) is 10.6. The van der Waals surface area contributed by atoms with Crippen LogP contribution in [0.4, 0.5) is 10.1 Å². The Kier molecular flexibility index (Phi) is 6.48. The highest BCUT2D eigenvalue weighted by Crippen LogP contribution is 2.27. The number of rotatable bonds is 6. The summed E-state index contributed by atoms with van der Waals surface area (Å²) in [4.78, 5) is 36.6. The lowest BCUT2D eigenvalue weighted by atomic mass is 9.95. The second-order valence-electron chi connectivity index (χ2n) is 7.66. The van der Waals surface area contributed by atoms with Crippen molar-refractivity contribution in [2.75, 3.05) is 19.0 Å². The van der Waals surface area contributed by atoms with Crippen molar-refractivity contribution in [3.63, 3.8) is 0 Å². The number of methoxy groups -OCH3 is 1. The molecule has 1 aromatic heterocycles. The molecule has 4 rings (SSSR count). The van der Waals surface area contributed by atoms with Crippen molar-refractivity contribution in [3.05, 3.63) is 76.9 Å². The first kappa shape index (κ1) is 22.2. The molecule has 1 heterocycles. The number of anilines is 1. The SMILES string of the molecule is COC(=O)CNC(=O)c1cccc(NC(=O)c2nn(-c3ccc(F)cc3)c3c2CCCC3)c1. The van der Waals surface area contributed by atoms with Crippen molar-refractivity contribution in [2.24, 2.45) is 0 Å². The maximum absolute atomic E-state index is 13.4. The van der Waals surface area contributed by atoms with Crippen LogP contribution in [0.2, 0.25) is 0 Å². The number of fused-ring (bicyclic) bond motifs is 1. The number of ether oxygens (including phenoxy) is 1. The van der Waals surface area contributed by atoms with E-state index in [0.29, 0.717) is 17.1 Å². The van der Waals surface area contributed by atoms with Gasteiger partial charge in [-0.25, -0.2) is 9.07 Å². The number of nitrogens with one attached hydrogen (secondary N) is 2. The fourth-order valence-electron chi connectivity index (χ4n) is 3.83. The summed E-state index contributed by atoms with van der Waals surface area (Å²) in [6.07, 6.45) is 3.46. The molecule has 1 aliphatic carbocycles. The highest BCUT2D eigenvalue weighted by molar-refractivity contribution is 6.05. The number of nitrogens with zero attached hydrogens (tertiary/aromatic N) is 2. The number of carbonyl (C=O) groups is 3. The Balaban J connectivity index is 1.56. The number of amides is 2. The molecule has 0 aliphatic heterocycles. The highest BCUT2D eigenvalue weighted by atomic mass is 19.1. The largest absolute Gasteiger partial charge is 0.468 e. The van der Waals surface area contributed by atoms with E-state index in [1.165, 1.54) is 25.3 Å². The van der Waals surface area contributed by atoms with Gasteiger partial charge in [0.2, 0.25) is 0 Å². The zero-order valence-electron chi connectivity index (χ0n) is 18.1. The van der Waals surface area contributed by atoms with Gasteiger partial charge >= 0.3 is 5.97 Å². The molecule has 2 amide bonds. The molecule has 8 nitrogen and oxygen atoms in total. The van der Waals surface area contributed by atoms with Crippen LogP contribution in [0.15, 0.2) is 48.5 Å². The molecule has 0 saturated carbocycles. The third-order valence-corrected chi connectivity index (χ3v) is 5.47. The lowest BCUT2D eigenvalue weighted by Gasteiger charge is -2.14. The van der Waals surface area contributed by atoms with Gasteiger partial charge in [-0.15, -0.1) is 0 Å². The summed E-state index contributed by atoms with van der Waals surface area (Å²) in [5.41, 5.74) is 3.55. The van der Waals surface area contributed by atoms with Crippen LogP contribution in [0.1, 0.15) is 44.9 Å². The van der Waals surface area contributed by atoms with Crippen LogP contribution in [0.25, 0.3) is 5.69 Å². The average Bonchev–Trinajstić information content (AvgIpc) is 3.23. The van der Waals surface area contributed by atoms with Gasteiger partial charge in [0.1, 0.15) is 12.4 Å². The van der Waals surface area contributed by atoms with Crippen LogP contribution in [0.3, 0.4) is 0 Å². The number of hydrogen-bond acceptors (Lipinski definition) is 5. The third-order valence-electron chi connectivity index (χ3n) is 5.47. The monoisotopic (exact) mass is 450 g/mol. The van der Waals surface area contributed by atoms with Crippen molar-refractivity contribution < 1.29 is 23.5 Å². The lowest BCUT2D eigenvalue weighted by Crippen LogP contribution is -2.30. The van der Waals surface area contributed by atoms with Crippen LogP contribution in [0.5, 0.6) is 0 Å². The van der Waals surface area contributed by atoms with E-state index in [-0.39, 0.29) is 23.8 Å². The molecule has 170 valence electrons. The molecule has 3 aromatic rings. The maximum atomic E-state index is 13.4. The van der Waals surface area contributed by atoms with Crippen LogP contribution in [0, 0.1) is 5.82 Å². The normalized spacial score (nSPS) is 12.5. The van der Waals surface area contributed by atoms with Gasteiger partial charge in [0, 0.05) is 22.5 Å². The van der Waals surface area contributed by atoms with Gasteiger partial charge < -0.3 is 15.4 Å². The van der Waals surface area contributed by atoms with Gasteiger partial charge in [0.25, 0.3) is 11.8 Å². The molecule has 0 unspecified atom stereocenters. The van der Waals surface area contributed by atoms with Crippen LogP contribution in [-0.2, 0) is 22.4 Å². The van der Waals surface area contributed by atoms with E-state index in [1.54, 1.807) is 35.0 Å². The summed E-state index contributed by atoms with van der Waals surface area (Å²) in [6.45, 7) is -0.251. The molecule has 0 saturated heterocycles. The number of halogens is 1. The Hall–Kier alpha value is -4.01. The summed E-state index contributed by atoms with van der Waals surface area (Å²) in [7, 11) is 1.24. The molecule has 0 fully saturated rings. The van der Waals surface area contributed by atoms with Gasteiger partial charge in [-0.05, 0) is 68.1 Å². The predicted octanol–water partition coefficient (Wildman–Crippen LogP) is 3.05. The molecular weight excluding hydrogens is 427 g/mol. The zero-order valence-corrected chi connectivity index (χ0v) is 18.1. The summed E-state index contributed by atoms with van der Waals surface area (Å²) in [6, 6.07) is 12.4. The summed E-state index contributed by atoms with van der Waals surface area (Å²) in [5, 5.41) is 9.82. The Bertz CT molecular complexity index is 1200. The minimum Gasteiger partial charge on any atom is -0.468 e. The van der Waals surface area contributed by atoms with E-state index in [4.69, 9.17) is 0 Å². The minimum atomic E-state index is -0.561. The van der Waals surface area contributed by atoms with Gasteiger partial charge in [-0.3, -0.25) is 14.4 Å². The first-order chi connectivity index (χ1) is 16.0. The Morgan fingerprint density at radius 3 is 2.58 bits per heavy atom. The molecule has 0 bridgehead atoms. The molecule has 2 aromatic carbocycles. The molecule has 2 N–H and O–H groups in total. The fourth-order valence-corrected chi connectivity index (χ4v) is 3.83. The van der Waals surface area contributed by atoms with E-state index in [2.05, 4.69) is 20.5 Å². The summed E-state index contributed by atoms with van der Waals surface area (Å²) >= 11 is 0. The van der Waals surface area contributed by atoms with Gasteiger partial charge in [-0.2, -0.15) is 5.10 Å². The van der Waals surface area contributed by atoms with Crippen molar-refractivity contribution in [3.8, 4) is 5.69 Å². The smallest absolute Gasteiger partial charge is 0.325 e. The standard InChI is InChI=1S/C24H23FN4O4/c1-33-21(30)14-26-23(31)15-5-4-6-17(13-15)27-24(32)22-19-7-2-3-8-20(19)29(28-22)18-11-9-16(25)10-12-18/h4-6,9-13H,2-3,7-8,14H2,1H3,(H,26,31)(H,27,32). The molecule has 0 atom stereocenters. The van der Waals surface area contributed by atoms with Crippen molar-refractivity contribution >= 4 is 23.5 Å². The van der Waals surface area contributed by atoms with Crippen molar-refractivity contribution in [2.45, 2.75) is 25.7 Å². The molecule has 0 radical (unpaired) electrons. The maximum Gasteiger partial charge on any atom is 0.325 e. The molecule has 0 spiro atoms. The molecular formula is C24H23FN4O4. The van der Waals surface area contributed by atoms with Crippen LogP contribution >= 0.6 is 0 Å². The lowest BCUT2D eigenvalue weighted by molar-refractivity contribution is -0.139. The number of hydrogen-bond donors (Lipinski definition) is 2. The van der Waals surface area contributed by atoms with E-state index >= 15 is 0 Å². The van der Waals surface area contributed by atoms with E-state index in [1.807, 2.05) is 0 Å². The summed E-state index contributed by atoms with van der Waals surface area (Å²) in [5.74, 6) is -1.75. The molecule has 33 heavy (non-hydrogen) atoms. The van der Waals surface area contributed by atoms with Gasteiger partial charge in [0.05, 0.1) is 12.8 Å². The van der Waals surface area contributed by atoms with E-state index < -0.39 is 11.9 Å². The molecule has 1 aliphatic rings. The minimum absolute atomic E-state index is 0.251. The highest BCUT2D eigenvalue weighted by Gasteiger charge is 2.26. The van der Waals surface area contributed by atoms with Crippen LogP contribution < -0.4 is 10.6 Å². The number of benzene rings is 2. The van der Waals surface area contributed by atoms with Gasteiger partial charge in [-0.1, -0.05) is 6.07 Å². The second-order valence-corrected chi connectivity index (χ2v) is 7.66. The first-order valence-corrected chi connectivity index (χ1v) is 10.6. The average molecular weight is 450 g/mol. The number of aromatic nitrogens is 2. The third kappa shape index (κ3) is 4.92. The van der Waals surface area contributed by atoms with E-state index in [0.717, 1.165) is 36.9 Å². The number of carbonyl (C=O) groups excluding carboxylic acids is 3. The Morgan fingerprint density at radius 1 is 1.06 bits per heavy atom. The summed E-state index contributed by atoms with van der Waals surface area (Å²) < 4.78 is 19.6. The van der Waals surface area contributed by atoms with E-state index in [9.17, 15) is 18.8 Å². The Morgan fingerprint density at radius 2 is 1.82 bits per heavy atom. The predicted molar refractivity (Wildman–Crippen MR) is 119 cm³/mol. The quantitative estimate of drug-likeness (QED) is 0.562.